The highest BCUT2D eigenvalue weighted by Crippen LogP contribution is 2.10. The number of aliphatic hydroxyl groups excluding tert-OH is 2. The molecule has 4 heteroatoms. The lowest BCUT2D eigenvalue weighted by Gasteiger charge is -2.29. The molecule has 1 atom stereocenters. The Labute approximate surface area is 71.8 Å². The topological polar surface area (TPSA) is 43.7 Å². The number of rotatable bonds is 3. The molecule has 0 saturated carbocycles. The molecule has 0 spiro atoms. The van der Waals surface area contributed by atoms with Crippen LogP contribution in [0.2, 0.25) is 0 Å². The SMILES string of the molecule is OCC(F)CN1CCC(O)CC1. The molecule has 1 unspecified atom stereocenters. The molecule has 1 aliphatic rings. The summed E-state index contributed by atoms with van der Waals surface area (Å²) in [7, 11) is 0. The summed E-state index contributed by atoms with van der Waals surface area (Å²) in [6.07, 6.45) is 0.0877. The molecule has 1 heterocycles. The molecule has 2 N–H and O–H groups in total. The van der Waals surface area contributed by atoms with Crippen LogP contribution in [0.15, 0.2) is 0 Å². The van der Waals surface area contributed by atoms with Crippen LogP contribution in [0.1, 0.15) is 12.8 Å². The minimum atomic E-state index is -1.14. The number of piperidine rings is 1. The highest BCUT2D eigenvalue weighted by molar-refractivity contribution is 4.73. The maximum absolute atomic E-state index is 12.7. The summed E-state index contributed by atoms with van der Waals surface area (Å²) < 4.78 is 12.7. The van der Waals surface area contributed by atoms with Crippen LogP contribution in [-0.2, 0) is 0 Å². The van der Waals surface area contributed by atoms with Crippen molar-refractivity contribution in [3.05, 3.63) is 0 Å². The Morgan fingerprint density at radius 2 is 2.00 bits per heavy atom. The predicted molar refractivity (Wildman–Crippen MR) is 43.7 cm³/mol. The van der Waals surface area contributed by atoms with Crippen molar-refractivity contribution < 1.29 is 14.6 Å². The molecule has 1 fully saturated rings. The zero-order chi connectivity index (χ0) is 8.97. The monoisotopic (exact) mass is 177 g/mol. The molecule has 0 aromatic heterocycles. The van der Waals surface area contributed by atoms with Gasteiger partial charge < -0.3 is 15.1 Å². The van der Waals surface area contributed by atoms with Gasteiger partial charge in [0, 0.05) is 19.6 Å². The third-order valence-corrected chi connectivity index (χ3v) is 2.21. The van der Waals surface area contributed by atoms with Crippen LogP contribution < -0.4 is 0 Å². The lowest BCUT2D eigenvalue weighted by atomic mass is 10.1. The first kappa shape index (κ1) is 9.89. The first-order valence-electron chi connectivity index (χ1n) is 4.37. The minimum absolute atomic E-state index is 0.214. The summed E-state index contributed by atoms with van der Waals surface area (Å²) in [6, 6.07) is 0. The fourth-order valence-corrected chi connectivity index (χ4v) is 1.44. The molecular formula is C8H16FNO2. The van der Waals surface area contributed by atoms with Gasteiger partial charge in [-0.2, -0.15) is 0 Å². The van der Waals surface area contributed by atoms with Gasteiger partial charge in [0.25, 0.3) is 0 Å². The number of aliphatic hydroxyl groups is 2. The molecule has 0 bridgehead atoms. The number of hydrogen-bond acceptors (Lipinski definition) is 3. The second-order valence-corrected chi connectivity index (χ2v) is 3.31. The van der Waals surface area contributed by atoms with Gasteiger partial charge in [-0.3, -0.25) is 0 Å². The average Bonchev–Trinajstić information content (AvgIpc) is 2.09. The van der Waals surface area contributed by atoms with Gasteiger partial charge in [-0.05, 0) is 12.8 Å². The van der Waals surface area contributed by atoms with Crippen molar-refractivity contribution >= 4 is 0 Å². The zero-order valence-electron chi connectivity index (χ0n) is 7.12. The smallest absolute Gasteiger partial charge is 0.136 e. The van der Waals surface area contributed by atoms with Gasteiger partial charge >= 0.3 is 0 Å². The molecule has 0 aromatic carbocycles. The zero-order valence-corrected chi connectivity index (χ0v) is 7.12. The van der Waals surface area contributed by atoms with Crippen LogP contribution in [-0.4, -0.2) is 53.6 Å². The van der Waals surface area contributed by atoms with Crippen molar-refractivity contribution in [2.24, 2.45) is 0 Å². The summed E-state index contributed by atoms with van der Waals surface area (Å²) in [5.74, 6) is 0. The van der Waals surface area contributed by atoms with Crippen LogP contribution in [0.3, 0.4) is 0 Å². The van der Waals surface area contributed by atoms with Crippen LogP contribution in [0, 0.1) is 0 Å². The third-order valence-electron chi connectivity index (χ3n) is 2.21. The van der Waals surface area contributed by atoms with Gasteiger partial charge in [0.15, 0.2) is 0 Å². The number of alkyl halides is 1. The van der Waals surface area contributed by atoms with Gasteiger partial charge in [-0.25, -0.2) is 4.39 Å². The van der Waals surface area contributed by atoms with Gasteiger partial charge in [-0.1, -0.05) is 0 Å². The van der Waals surface area contributed by atoms with E-state index in [0.29, 0.717) is 6.54 Å². The molecule has 0 amide bonds. The van der Waals surface area contributed by atoms with E-state index >= 15 is 0 Å². The van der Waals surface area contributed by atoms with Crippen LogP contribution in [0.4, 0.5) is 4.39 Å². The summed E-state index contributed by atoms with van der Waals surface area (Å²) in [5, 5.41) is 17.6. The molecule has 0 aromatic rings. The lowest BCUT2D eigenvalue weighted by Crippen LogP contribution is -2.40. The van der Waals surface area contributed by atoms with Gasteiger partial charge in [0.05, 0.1) is 12.7 Å². The fraction of sp³-hybridized carbons (Fsp3) is 1.00. The van der Waals surface area contributed by atoms with Crippen LogP contribution >= 0.6 is 0 Å². The summed E-state index contributed by atoms with van der Waals surface area (Å²) >= 11 is 0. The molecular weight excluding hydrogens is 161 g/mol. The maximum Gasteiger partial charge on any atom is 0.136 e. The Hall–Kier alpha value is -0.190. The van der Waals surface area contributed by atoms with E-state index in [1.54, 1.807) is 0 Å². The molecule has 1 saturated heterocycles. The van der Waals surface area contributed by atoms with E-state index in [1.807, 2.05) is 4.90 Å². The van der Waals surface area contributed by atoms with Gasteiger partial charge in [0.2, 0.25) is 0 Å². The normalized spacial score (nSPS) is 24.2. The number of likely N-dealkylation sites (tertiary alicyclic amines) is 1. The molecule has 0 aliphatic carbocycles. The van der Waals surface area contributed by atoms with Crippen molar-refractivity contribution in [2.45, 2.75) is 25.1 Å². The quantitative estimate of drug-likeness (QED) is 0.626. The standard InChI is InChI=1S/C8H16FNO2/c9-7(6-11)5-10-3-1-8(12)2-4-10/h7-8,11-12H,1-6H2. The summed E-state index contributed by atoms with van der Waals surface area (Å²) in [4.78, 5) is 1.94. The first-order valence-corrected chi connectivity index (χ1v) is 4.37. The van der Waals surface area contributed by atoms with E-state index in [0.717, 1.165) is 25.9 Å². The highest BCUT2D eigenvalue weighted by Gasteiger charge is 2.19. The first-order chi connectivity index (χ1) is 5.72. The largest absolute Gasteiger partial charge is 0.393 e. The fourth-order valence-electron chi connectivity index (χ4n) is 1.44. The number of halogens is 1. The lowest BCUT2D eigenvalue weighted by molar-refractivity contribution is 0.0588. The van der Waals surface area contributed by atoms with Crippen molar-refractivity contribution in [3.8, 4) is 0 Å². The van der Waals surface area contributed by atoms with E-state index < -0.39 is 12.8 Å². The van der Waals surface area contributed by atoms with Gasteiger partial charge in [0.1, 0.15) is 6.17 Å². The third kappa shape index (κ3) is 3.05. The average molecular weight is 177 g/mol. The maximum atomic E-state index is 12.7. The second kappa shape index (κ2) is 4.74. The summed E-state index contributed by atoms with van der Waals surface area (Å²) in [6.45, 7) is 1.37. The molecule has 3 nitrogen and oxygen atoms in total. The van der Waals surface area contributed by atoms with Crippen molar-refractivity contribution in [1.82, 2.24) is 4.90 Å². The van der Waals surface area contributed by atoms with E-state index in [1.165, 1.54) is 0 Å². The van der Waals surface area contributed by atoms with E-state index in [-0.39, 0.29) is 6.10 Å². The number of hydrogen-bond donors (Lipinski definition) is 2. The minimum Gasteiger partial charge on any atom is -0.393 e. The van der Waals surface area contributed by atoms with Crippen molar-refractivity contribution in [1.29, 1.82) is 0 Å². The Balaban J connectivity index is 2.17. The van der Waals surface area contributed by atoms with Crippen molar-refractivity contribution in [2.75, 3.05) is 26.2 Å². The van der Waals surface area contributed by atoms with Gasteiger partial charge in [-0.15, -0.1) is 0 Å². The predicted octanol–water partition coefficient (Wildman–Crippen LogP) is -0.227. The Morgan fingerprint density at radius 1 is 1.42 bits per heavy atom. The second-order valence-electron chi connectivity index (χ2n) is 3.31. The molecule has 12 heavy (non-hydrogen) atoms. The Bertz CT molecular complexity index is 126. The molecule has 1 rings (SSSR count). The van der Waals surface area contributed by atoms with E-state index in [2.05, 4.69) is 0 Å². The van der Waals surface area contributed by atoms with E-state index in [4.69, 9.17) is 10.2 Å². The van der Waals surface area contributed by atoms with Crippen molar-refractivity contribution in [3.63, 3.8) is 0 Å². The van der Waals surface area contributed by atoms with Crippen LogP contribution in [0.5, 0.6) is 0 Å². The summed E-state index contributed by atoms with van der Waals surface area (Å²) in [5.41, 5.74) is 0. The highest BCUT2D eigenvalue weighted by atomic mass is 19.1. The molecule has 1 aliphatic heterocycles. The molecule has 72 valence electrons. The molecule has 0 radical (unpaired) electrons. The Morgan fingerprint density at radius 3 is 2.50 bits per heavy atom. The van der Waals surface area contributed by atoms with Crippen LogP contribution in [0.25, 0.3) is 0 Å². The number of nitrogens with zero attached hydrogens (tertiary/aromatic N) is 1. The van der Waals surface area contributed by atoms with E-state index in [9.17, 15) is 4.39 Å². The Kier molecular flexibility index (Phi) is 3.91.